The van der Waals surface area contributed by atoms with Gasteiger partial charge in [-0.1, -0.05) is 213 Å². The highest BCUT2D eigenvalue weighted by molar-refractivity contribution is 7.47. The maximum absolute atomic E-state index is 12.6. The van der Waals surface area contributed by atoms with Gasteiger partial charge < -0.3 is 20.1 Å². The second kappa shape index (κ2) is 41.7. The fraction of sp³-hybridized carbons (Fsp3) is 0.977. The SMILES string of the molecule is CCCCCCCCCCCCCCCCCCCCCCCCCCC(=O)OC(COCCCCCCCCCCC)COP(=O)(O)OCCN. The number of ether oxygens (including phenoxy) is 2. The summed E-state index contributed by atoms with van der Waals surface area (Å²) >= 11 is 0. The molecule has 9 heteroatoms. The van der Waals surface area contributed by atoms with Crippen molar-refractivity contribution in [1.29, 1.82) is 0 Å². The van der Waals surface area contributed by atoms with E-state index in [1.54, 1.807) is 0 Å². The van der Waals surface area contributed by atoms with E-state index in [1.165, 1.54) is 180 Å². The summed E-state index contributed by atoms with van der Waals surface area (Å²) in [7, 11) is -4.26. The number of phosphoric ester groups is 1. The third kappa shape index (κ3) is 40.7. The molecule has 312 valence electrons. The summed E-state index contributed by atoms with van der Waals surface area (Å²) in [5.74, 6) is -0.324. The third-order valence-electron chi connectivity index (χ3n) is 10.0. The molecule has 0 aliphatic heterocycles. The van der Waals surface area contributed by atoms with Gasteiger partial charge in [-0.2, -0.15) is 0 Å². The van der Waals surface area contributed by atoms with Gasteiger partial charge in [-0.3, -0.25) is 13.8 Å². The lowest BCUT2D eigenvalue weighted by atomic mass is 10.0. The molecule has 0 bridgehead atoms. The fourth-order valence-electron chi connectivity index (χ4n) is 6.70. The molecule has 2 atom stereocenters. The summed E-state index contributed by atoms with van der Waals surface area (Å²) in [6.45, 7) is 4.96. The Bertz CT molecular complexity index is 772. The zero-order chi connectivity index (χ0) is 38.1. The number of hydrogen-bond donors (Lipinski definition) is 2. The summed E-state index contributed by atoms with van der Waals surface area (Å²) in [4.78, 5) is 22.4. The van der Waals surface area contributed by atoms with Crippen LogP contribution in [0.15, 0.2) is 0 Å². The van der Waals surface area contributed by atoms with Gasteiger partial charge >= 0.3 is 13.8 Å². The van der Waals surface area contributed by atoms with Crippen molar-refractivity contribution < 1.29 is 32.8 Å². The number of unbranched alkanes of at least 4 members (excludes halogenated alkanes) is 31. The van der Waals surface area contributed by atoms with Crippen LogP contribution in [0.5, 0.6) is 0 Å². The molecule has 2 unspecified atom stereocenters. The molecule has 0 saturated carbocycles. The lowest BCUT2D eigenvalue weighted by molar-refractivity contribution is -0.154. The number of esters is 1. The lowest BCUT2D eigenvalue weighted by Crippen LogP contribution is -2.28. The van der Waals surface area contributed by atoms with Gasteiger partial charge in [-0.05, 0) is 12.8 Å². The highest BCUT2D eigenvalue weighted by Crippen LogP contribution is 2.43. The number of hydrogen-bond acceptors (Lipinski definition) is 7. The average molecular weight is 762 g/mol. The number of phosphoric acid groups is 1. The minimum atomic E-state index is -4.26. The van der Waals surface area contributed by atoms with E-state index in [0.717, 1.165) is 32.1 Å². The zero-order valence-electron chi connectivity index (χ0n) is 34.6. The molecule has 0 aliphatic carbocycles. The second-order valence-corrected chi connectivity index (χ2v) is 16.7. The van der Waals surface area contributed by atoms with Gasteiger partial charge in [0.25, 0.3) is 0 Å². The molecule has 0 aromatic carbocycles. The predicted octanol–water partition coefficient (Wildman–Crippen LogP) is 13.3. The molecule has 0 heterocycles. The van der Waals surface area contributed by atoms with E-state index in [4.69, 9.17) is 24.3 Å². The standard InChI is InChI=1S/C43H88NO7P/c1-3-5-7-9-11-13-14-15-16-17-18-19-20-21-22-23-24-25-26-27-28-30-32-34-36-43(45)51-42(41-50-52(46,47)49-39-37-44)40-48-38-35-33-31-29-12-10-8-6-4-2/h42H,3-41,44H2,1-2H3,(H,46,47). The Morgan fingerprint density at radius 1 is 0.500 bits per heavy atom. The zero-order valence-corrected chi connectivity index (χ0v) is 35.5. The number of nitrogens with two attached hydrogens (primary N) is 1. The average Bonchev–Trinajstić information content (AvgIpc) is 3.13. The minimum absolute atomic E-state index is 0.0904. The predicted molar refractivity (Wildman–Crippen MR) is 220 cm³/mol. The van der Waals surface area contributed by atoms with E-state index in [1.807, 2.05) is 0 Å². The maximum atomic E-state index is 12.6. The van der Waals surface area contributed by atoms with Crippen molar-refractivity contribution in [2.45, 2.75) is 238 Å². The van der Waals surface area contributed by atoms with Gasteiger partial charge in [0.1, 0.15) is 6.10 Å². The molecule has 0 fully saturated rings. The smallest absolute Gasteiger partial charge is 0.457 e. The van der Waals surface area contributed by atoms with Crippen LogP contribution in [0.25, 0.3) is 0 Å². The largest absolute Gasteiger partial charge is 0.472 e. The number of carbonyl (C=O) groups excluding carboxylic acids is 1. The summed E-state index contributed by atoms with van der Waals surface area (Å²) in [5, 5.41) is 0. The van der Waals surface area contributed by atoms with E-state index < -0.39 is 13.9 Å². The quantitative estimate of drug-likeness (QED) is 0.0358. The first-order chi connectivity index (χ1) is 25.4. The Hall–Kier alpha value is -0.500. The monoisotopic (exact) mass is 762 g/mol. The molecule has 0 aromatic rings. The van der Waals surface area contributed by atoms with Crippen LogP contribution in [0.4, 0.5) is 0 Å². The van der Waals surface area contributed by atoms with Crippen molar-refractivity contribution in [3.05, 3.63) is 0 Å². The Balaban J connectivity index is 3.81. The van der Waals surface area contributed by atoms with E-state index in [0.29, 0.717) is 13.0 Å². The molecule has 0 rings (SSSR count). The van der Waals surface area contributed by atoms with Crippen LogP contribution in [-0.2, 0) is 27.9 Å². The molecule has 3 N–H and O–H groups in total. The molecule has 0 aliphatic rings. The van der Waals surface area contributed by atoms with Gasteiger partial charge in [0.2, 0.25) is 0 Å². The normalized spacial score (nSPS) is 13.4. The Labute approximate surface area is 322 Å². The number of carbonyl (C=O) groups is 1. The van der Waals surface area contributed by atoms with Crippen molar-refractivity contribution >= 4 is 13.8 Å². The molecule has 52 heavy (non-hydrogen) atoms. The Morgan fingerprint density at radius 3 is 1.21 bits per heavy atom. The van der Waals surface area contributed by atoms with Crippen LogP contribution in [-0.4, -0.2) is 49.9 Å². The molecule has 0 radical (unpaired) electrons. The molecular formula is C43H88NO7P. The van der Waals surface area contributed by atoms with Crippen molar-refractivity contribution in [2.75, 3.05) is 33.0 Å². The first-order valence-corrected chi connectivity index (χ1v) is 24.0. The molecule has 0 spiro atoms. The number of rotatable bonds is 44. The fourth-order valence-corrected chi connectivity index (χ4v) is 7.47. The van der Waals surface area contributed by atoms with Crippen LogP contribution in [0.3, 0.4) is 0 Å². The van der Waals surface area contributed by atoms with Crippen LogP contribution in [0, 0.1) is 0 Å². The Morgan fingerprint density at radius 2 is 0.846 bits per heavy atom. The molecule has 0 aromatic heterocycles. The van der Waals surface area contributed by atoms with Crippen LogP contribution in [0.1, 0.15) is 232 Å². The first kappa shape index (κ1) is 51.5. The van der Waals surface area contributed by atoms with Crippen LogP contribution < -0.4 is 5.73 Å². The van der Waals surface area contributed by atoms with Gasteiger partial charge in [-0.15, -0.1) is 0 Å². The maximum Gasteiger partial charge on any atom is 0.472 e. The molecule has 8 nitrogen and oxygen atoms in total. The summed E-state index contributed by atoms with van der Waals surface area (Å²) in [5.41, 5.74) is 5.36. The summed E-state index contributed by atoms with van der Waals surface area (Å²) in [6, 6.07) is 0. The van der Waals surface area contributed by atoms with Gasteiger partial charge in [0.15, 0.2) is 0 Å². The third-order valence-corrected chi connectivity index (χ3v) is 11.0. The minimum Gasteiger partial charge on any atom is -0.457 e. The van der Waals surface area contributed by atoms with Gasteiger partial charge in [0, 0.05) is 19.6 Å². The molecule has 0 amide bonds. The summed E-state index contributed by atoms with van der Waals surface area (Å²) < 4.78 is 33.3. The highest BCUT2D eigenvalue weighted by Gasteiger charge is 2.25. The van der Waals surface area contributed by atoms with Crippen molar-refractivity contribution in [3.63, 3.8) is 0 Å². The van der Waals surface area contributed by atoms with E-state index in [9.17, 15) is 14.3 Å². The van der Waals surface area contributed by atoms with E-state index >= 15 is 0 Å². The summed E-state index contributed by atoms with van der Waals surface area (Å²) in [6.07, 6.45) is 42.8. The molecule has 0 saturated heterocycles. The van der Waals surface area contributed by atoms with Gasteiger partial charge in [0.05, 0.1) is 19.8 Å². The van der Waals surface area contributed by atoms with Crippen LogP contribution >= 0.6 is 7.82 Å². The van der Waals surface area contributed by atoms with Crippen molar-refractivity contribution in [1.82, 2.24) is 0 Å². The second-order valence-electron chi connectivity index (χ2n) is 15.3. The van der Waals surface area contributed by atoms with Crippen LogP contribution in [0.2, 0.25) is 0 Å². The Kier molecular flexibility index (Phi) is 41.3. The van der Waals surface area contributed by atoms with Crippen molar-refractivity contribution in [2.24, 2.45) is 5.73 Å². The van der Waals surface area contributed by atoms with Crippen molar-refractivity contribution in [3.8, 4) is 0 Å². The highest BCUT2D eigenvalue weighted by atomic mass is 31.2. The topological polar surface area (TPSA) is 117 Å². The molecular weight excluding hydrogens is 673 g/mol. The van der Waals surface area contributed by atoms with Gasteiger partial charge in [-0.25, -0.2) is 4.57 Å². The first-order valence-electron chi connectivity index (χ1n) is 22.5. The van der Waals surface area contributed by atoms with E-state index in [2.05, 4.69) is 13.8 Å². The van der Waals surface area contributed by atoms with E-state index in [-0.39, 0.29) is 32.3 Å². The lowest BCUT2D eigenvalue weighted by Gasteiger charge is -2.20.